The number of carbonyl (C=O) groups is 2. The molecule has 1 saturated heterocycles. The van der Waals surface area contributed by atoms with Crippen LogP contribution in [-0.4, -0.2) is 46.1 Å². The summed E-state index contributed by atoms with van der Waals surface area (Å²) in [6, 6.07) is 12.7. The molecular weight excluding hydrogens is 463 g/mol. The van der Waals surface area contributed by atoms with E-state index < -0.39 is 12.1 Å². The van der Waals surface area contributed by atoms with Crippen LogP contribution in [-0.2, 0) is 9.59 Å². The van der Waals surface area contributed by atoms with Gasteiger partial charge in [-0.1, -0.05) is 29.3 Å². The van der Waals surface area contributed by atoms with Gasteiger partial charge in [0, 0.05) is 52.8 Å². The molecule has 0 radical (unpaired) electrons. The van der Waals surface area contributed by atoms with E-state index in [1.807, 2.05) is 12.1 Å². The monoisotopic (exact) mass is 486 g/mol. The molecule has 0 saturated carbocycles. The summed E-state index contributed by atoms with van der Waals surface area (Å²) >= 11 is 12.8. The lowest BCUT2D eigenvalue weighted by atomic mass is 9.94. The maximum atomic E-state index is 12.9. The van der Waals surface area contributed by atoms with Gasteiger partial charge < -0.3 is 14.7 Å². The Bertz CT molecular complexity index is 1180. The molecule has 3 aromatic rings. The highest BCUT2D eigenvalue weighted by Crippen LogP contribution is 2.38. The highest BCUT2D eigenvalue weighted by Gasteiger charge is 2.29. The van der Waals surface area contributed by atoms with Crippen molar-refractivity contribution in [3.8, 4) is 16.9 Å². The summed E-state index contributed by atoms with van der Waals surface area (Å²) in [5.41, 5.74) is 2.30. The maximum absolute atomic E-state index is 12.9. The first-order valence-electron chi connectivity index (χ1n) is 10.8. The zero-order valence-corrected chi connectivity index (χ0v) is 19.6. The van der Waals surface area contributed by atoms with E-state index in [1.165, 1.54) is 0 Å². The van der Waals surface area contributed by atoms with E-state index >= 15 is 0 Å². The molecule has 1 N–H and O–H groups in total. The van der Waals surface area contributed by atoms with Gasteiger partial charge in [0.25, 0.3) is 5.91 Å². The molecule has 2 aromatic carbocycles. The van der Waals surface area contributed by atoms with Crippen molar-refractivity contribution in [2.45, 2.75) is 32.3 Å². The summed E-state index contributed by atoms with van der Waals surface area (Å²) in [5, 5.41) is 11.0. The molecule has 1 aliphatic heterocycles. The van der Waals surface area contributed by atoms with Crippen LogP contribution in [0.3, 0.4) is 0 Å². The number of carboxylic acid groups (broad SMARTS) is 1. The van der Waals surface area contributed by atoms with Gasteiger partial charge in [-0.3, -0.25) is 14.6 Å². The smallest absolute Gasteiger partial charge is 0.303 e. The highest BCUT2D eigenvalue weighted by atomic mass is 35.5. The van der Waals surface area contributed by atoms with E-state index in [1.54, 1.807) is 48.4 Å². The minimum atomic E-state index is -0.834. The van der Waals surface area contributed by atoms with Gasteiger partial charge in [0.1, 0.15) is 5.75 Å². The Kier molecular flexibility index (Phi) is 7.05. The lowest BCUT2D eigenvalue weighted by Crippen LogP contribution is -2.46. The Morgan fingerprint density at radius 3 is 2.70 bits per heavy atom. The van der Waals surface area contributed by atoms with Gasteiger partial charge in [-0.2, -0.15) is 0 Å². The molecule has 8 heteroatoms. The third-order valence-corrected chi connectivity index (χ3v) is 6.53. The molecular formula is C25H24Cl2N2O4. The van der Waals surface area contributed by atoms with Crippen molar-refractivity contribution in [2.75, 3.05) is 13.1 Å². The molecule has 6 nitrogen and oxygen atoms in total. The van der Waals surface area contributed by atoms with E-state index in [0.717, 1.165) is 29.4 Å². The molecule has 2 atom stereocenters. The second-order valence-electron chi connectivity index (χ2n) is 8.28. The van der Waals surface area contributed by atoms with E-state index in [-0.39, 0.29) is 18.2 Å². The average molecular weight is 487 g/mol. The molecule has 1 amide bonds. The van der Waals surface area contributed by atoms with Crippen LogP contribution in [0.25, 0.3) is 22.0 Å². The van der Waals surface area contributed by atoms with Gasteiger partial charge in [-0.25, -0.2) is 0 Å². The van der Waals surface area contributed by atoms with E-state index in [9.17, 15) is 9.59 Å². The molecule has 0 spiro atoms. The number of amides is 1. The van der Waals surface area contributed by atoms with E-state index in [2.05, 4.69) is 4.98 Å². The number of rotatable bonds is 6. The molecule has 1 fully saturated rings. The summed E-state index contributed by atoms with van der Waals surface area (Å²) in [6.45, 7) is 2.77. The number of carbonyl (C=O) groups excluding carboxylic acids is 1. The van der Waals surface area contributed by atoms with Crippen molar-refractivity contribution in [3.05, 3.63) is 58.7 Å². The van der Waals surface area contributed by atoms with Crippen LogP contribution in [0.15, 0.2) is 48.7 Å². The number of benzene rings is 2. The minimum Gasteiger partial charge on any atom is -0.481 e. The molecule has 33 heavy (non-hydrogen) atoms. The van der Waals surface area contributed by atoms with Gasteiger partial charge in [-0.15, -0.1) is 0 Å². The number of hydrogen-bond donors (Lipinski definition) is 1. The Hall–Kier alpha value is -2.83. The first-order valence-corrected chi connectivity index (χ1v) is 11.6. The fourth-order valence-corrected chi connectivity index (χ4v) is 4.97. The Morgan fingerprint density at radius 1 is 1.21 bits per heavy atom. The fraction of sp³-hybridized carbons (Fsp3) is 0.320. The fourth-order valence-electron chi connectivity index (χ4n) is 4.36. The predicted octanol–water partition coefficient (Wildman–Crippen LogP) is 5.69. The number of pyridine rings is 1. The molecule has 1 aliphatic rings. The number of hydrogen-bond acceptors (Lipinski definition) is 4. The van der Waals surface area contributed by atoms with E-state index in [4.69, 9.17) is 33.0 Å². The van der Waals surface area contributed by atoms with Gasteiger partial charge in [0.15, 0.2) is 6.10 Å². The van der Waals surface area contributed by atoms with Crippen LogP contribution in [0.5, 0.6) is 5.75 Å². The van der Waals surface area contributed by atoms with Crippen molar-refractivity contribution in [1.29, 1.82) is 0 Å². The Morgan fingerprint density at radius 2 is 1.97 bits per heavy atom. The summed E-state index contributed by atoms with van der Waals surface area (Å²) in [7, 11) is 0. The van der Waals surface area contributed by atoms with Crippen LogP contribution < -0.4 is 4.74 Å². The molecule has 0 unspecified atom stereocenters. The number of fused-ring (bicyclic) bond motifs is 1. The first kappa shape index (κ1) is 23.3. The van der Waals surface area contributed by atoms with Crippen molar-refractivity contribution < 1.29 is 19.4 Å². The molecule has 4 rings (SSSR count). The zero-order valence-electron chi connectivity index (χ0n) is 18.1. The number of ether oxygens (including phenoxy) is 1. The van der Waals surface area contributed by atoms with E-state index in [0.29, 0.717) is 34.4 Å². The standard InChI is InChI=1S/C25H24Cl2N2O4/c1-15(25(32)29-11-3-4-16(14-29)12-23(30)31)33-17-7-8-18-19(9-10-28-22(18)13-17)24-20(26)5-2-6-21(24)27/h2,5-10,13,15-16H,3-4,11-12,14H2,1H3,(H,30,31)/t15-,16-/m1/s1. The number of aliphatic carboxylic acids is 1. The first-order chi connectivity index (χ1) is 15.8. The van der Waals surface area contributed by atoms with Crippen molar-refractivity contribution >= 4 is 46.0 Å². The van der Waals surface area contributed by atoms with Crippen LogP contribution in [0.1, 0.15) is 26.2 Å². The van der Waals surface area contributed by atoms with Gasteiger partial charge in [0.2, 0.25) is 0 Å². The molecule has 0 aliphatic carbocycles. The number of carboxylic acids is 1. The van der Waals surface area contributed by atoms with Gasteiger partial charge in [-0.05, 0) is 61.6 Å². The summed E-state index contributed by atoms with van der Waals surface area (Å²) in [5.74, 6) is -0.473. The third-order valence-electron chi connectivity index (χ3n) is 5.90. The SMILES string of the molecule is C[C@@H](Oc1ccc2c(-c3c(Cl)cccc3Cl)ccnc2c1)C(=O)N1CCC[C@H](CC(=O)O)C1. The van der Waals surface area contributed by atoms with Crippen molar-refractivity contribution in [3.63, 3.8) is 0 Å². The molecule has 1 aromatic heterocycles. The Labute approximate surface area is 202 Å². The Balaban J connectivity index is 1.53. The minimum absolute atomic E-state index is 0.0210. The number of piperidine rings is 1. The molecule has 172 valence electrons. The summed E-state index contributed by atoms with van der Waals surface area (Å²) in [4.78, 5) is 30.1. The second-order valence-corrected chi connectivity index (χ2v) is 9.10. The normalized spacial score (nSPS) is 17.1. The quantitative estimate of drug-likeness (QED) is 0.483. The van der Waals surface area contributed by atoms with Crippen LogP contribution in [0, 0.1) is 5.92 Å². The van der Waals surface area contributed by atoms with Crippen molar-refractivity contribution in [2.24, 2.45) is 5.92 Å². The summed E-state index contributed by atoms with van der Waals surface area (Å²) in [6.07, 6.45) is 2.68. The predicted molar refractivity (Wildman–Crippen MR) is 129 cm³/mol. The average Bonchev–Trinajstić information content (AvgIpc) is 2.78. The lowest BCUT2D eigenvalue weighted by molar-refractivity contribution is -0.143. The number of halogens is 2. The number of nitrogens with zero attached hydrogens (tertiary/aromatic N) is 2. The number of aromatic nitrogens is 1. The topological polar surface area (TPSA) is 79.7 Å². The zero-order chi connectivity index (χ0) is 23.5. The van der Waals surface area contributed by atoms with Gasteiger partial charge >= 0.3 is 5.97 Å². The molecule has 0 bridgehead atoms. The molecule has 2 heterocycles. The lowest BCUT2D eigenvalue weighted by Gasteiger charge is -2.33. The van der Waals surface area contributed by atoms with Crippen molar-refractivity contribution in [1.82, 2.24) is 9.88 Å². The second kappa shape index (κ2) is 9.98. The van der Waals surface area contributed by atoms with Crippen LogP contribution in [0.4, 0.5) is 0 Å². The maximum Gasteiger partial charge on any atom is 0.303 e. The highest BCUT2D eigenvalue weighted by molar-refractivity contribution is 6.39. The van der Waals surface area contributed by atoms with Crippen LogP contribution >= 0.6 is 23.2 Å². The summed E-state index contributed by atoms with van der Waals surface area (Å²) < 4.78 is 5.95. The number of likely N-dealkylation sites (tertiary alicyclic amines) is 1. The van der Waals surface area contributed by atoms with Crippen LogP contribution in [0.2, 0.25) is 10.0 Å². The third kappa shape index (κ3) is 5.23. The van der Waals surface area contributed by atoms with Gasteiger partial charge in [0.05, 0.1) is 5.52 Å². The largest absolute Gasteiger partial charge is 0.481 e.